The maximum atomic E-state index is 13.6. The summed E-state index contributed by atoms with van der Waals surface area (Å²) in [4.78, 5) is 24.5. The maximum Gasteiger partial charge on any atom is 0.305 e. The Bertz CT molecular complexity index is 1030. The number of benzene rings is 2. The third kappa shape index (κ3) is 3.90. The molecule has 1 unspecified atom stereocenters. The van der Waals surface area contributed by atoms with Crippen LogP contribution in [0.4, 0.5) is 4.39 Å². The van der Waals surface area contributed by atoms with Crippen LogP contribution in [-0.2, 0) is 4.79 Å². The zero-order chi connectivity index (χ0) is 20.3. The molecule has 1 heterocycles. The van der Waals surface area contributed by atoms with Gasteiger partial charge in [0.25, 0.3) is 5.91 Å². The van der Waals surface area contributed by atoms with Crippen molar-refractivity contribution in [2.75, 3.05) is 7.11 Å². The summed E-state index contributed by atoms with van der Waals surface area (Å²) >= 11 is 0. The van der Waals surface area contributed by atoms with Gasteiger partial charge in [0.2, 0.25) is 0 Å². The number of ether oxygens (including phenoxy) is 2. The number of methoxy groups -OCH3 is 1. The van der Waals surface area contributed by atoms with Gasteiger partial charge in [0.1, 0.15) is 11.3 Å². The van der Waals surface area contributed by atoms with Crippen molar-refractivity contribution in [1.29, 1.82) is 0 Å². The van der Waals surface area contributed by atoms with Crippen LogP contribution in [0, 0.1) is 12.7 Å². The van der Waals surface area contributed by atoms with Crippen LogP contribution in [0.5, 0.6) is 11.5 Å². The fourth-order valence-corrected chi connectivity index (χ4v) is 2.60. The number of para-hydroxylation sites is 1. The molecule has 0 aliphatic heterocycles. The van der Waals surface area contributed by atoms with Crippen molar-refractivity contribution in [2.45, 2.75) is 20.0 Å². The molecule has 7 nitrogen and oxygen atoms in total. The number of halogens is 1. The number of aryl methyl sites for hydroxylation is 1. The summed E-state index contributed by atoms with van der Waals surface area (Å²) in [6, 6.07) is 10.9. The minimum Gasteiger partial charge on any atom is -0.497 e. The molecule has 2 aromatic carbocycles. The maximum absolute atomic E-state index is 13.6. The Labute approximate surface area is 160 Å². The molecule has 0 saturated heterocycles. The Morgan fingerprint density at radius 1 is 1.14 bits per heavy atom. The number of carbonyl (C=O) groups excluding carboxylic acids is 2. The number of furan rings is 1. The van der Waals surface area contributed by atoms with Gasteiger partial charge in [-0.05, 0) is 44.2 Å². The molecule has 2 N–H and O–H groups in total. The molecule has 3 aromatic rings. The van der Waals surface area contributed by atoms with Gasteiger partial charge in [-0.2, -0.15) is 0 Å². The van der Waals surface area contributed by atoms with Gasteiger partial charge in [0.05, 0.1) is 7.11 Å². The first-order valence-electron chi connectivity index (χ1n) is 8.49. The van der Waals surface area contributed by atoms with E-state index in [4.69, 9.17) is 13.9 Å². The van der Waals surface area contributed by atoms with Crippen LogP contribution in [0.1, 0.15) is 23.0 Å². The Morgan fingerprint density at radius 3 is 2.61 bits per heavy atom. The summed E-state index contributed by atoms with van der Waals surface area (Å²) in [6.45, 7) is 3.17. The predicted molar refractivity (Wildman–Crippen MR) is 99.6 cm³/mol. The van der Waals surface area contributed by atoms with E-state index in [2.05, 4.69) is 10.9 Å². The molecule has 8 heteroatoms. The van der Waals surface area contributed by atoms with E-state index in [-0.39, 0.29) is 11.5 Å². The van der Waals surface area contributed by atoms with E-state index < -0.39 is 23.7 Å². The minimum absolute atomic E-state index is 0.0569. The van der Waals surface area contributed by atoms with Crippen molar-refractivity contribution in [2.24, 2.45) is 0 Å². The summed E-state index contributed by atoms with van der Waals surface area (Å²) in [5, 5.41) is 0.729. The van der Waals surface area contributed by atoms with E-state index in [1.54, 1.807) is 38.3 Å². The second-order valence-electron chi connectivity index (χ2n) is 6.05. The lowest BCUT2D eigenvalue weighted by Crippen LogP contribution is -2.47. The van der Waals surface area contributed by atoms with Crippen LogP contribution in [0.25, 0.3) is 11.0 Å². The van der Waals surface area contributed by atoms with E-state index in [0.717, 1.165) is 5.39 Å². The number of hydrazine groups is 1. The van der Waals surface area contributed by atoms with Gasteiger partial charge in [-0.25, -0.2) is 4.39 Å². The molecule has 1 aromatic heterocycles. The standard InChI is InChI=1S/C20H19FN2O5/c1-11-14-10-13(26-3)8-9-16(14)28-18(11)20(25)23-22-19(24)12(2)27-17-7-5-4-6-15(17)21/h4-10,12H,1-3H3,(H,22,24)(H,23,25). The normalized spacial score (nSPS) is 11.7. The zero-order valence-electron chi connectivity index (χ0n) is 15.5. The van der Waals surface area contributed by atoms with Gasteiger partial charge in [-0.1, -0.05) is 12.1 Å². The summed E-state index contributed by atoms with van der Waals surface area (Å²) in [5.41, 5.74) is 5.64. The van der Waals surface area contributed by atoms with E-state index in [0.29, 0.717) is 16.9 Å². The third-order valence-electron chi connectivity index (χ3n) is 4.16. The van der Waals surface area contributed by atoms with Crippen molar-refractivity contribution in [1.82, 2.24) is 10.9 Å². The lowest BCUT2D eigenvalue weighted by atomic mass is 10.1. The highest BCUT2D eigenvalue weighted by Crippen LogP contribution is 2.28. The predicted octanol–water partition coefficient (Wildman–Crippen LogP) is 3.12. The Kier molecular flexibility index (Phi) is 5.49. The molecule has 3 rings (SSSR count). The average Bonchev–Trinajstić information content (AvgIpc) is 3.03. The number of amides is 2. The molecule has 0 fully saturated rings. The SMILES string of the molecule is COc1ccc2oc(C(=O)NNC(=O)C(C)Oc3ccccc3F)c(C)c2c1. The molecule has 146 valence electrons. The highest BCUT2D eigenvalue weighted by atomic mass is 19.1. The number of hydrogen-bond donors (Lipinski definition) is 2. The van der Waals surface area contributed by atoms with Gasteiger partial charge in [-0.15, -0.1) is 0 Å². The lowest BCUT2D eigenvalue weighted by Gasteiger charge is -2.15. The van der Waals surface area contributed by atoms with Crippen LogP contribution < -0.4 is 20.3 Å². The van der Waals surface area contributed by atoms with Crippen molar-refractivity contribution in [3.8, 4) is 11.5 Å². The van der Waals surface area contributed by atoms with Crippen molar-refractivity contribution >= 4 is 22.8 Å². The minimum atomic E-state index is -1.03. The molecule has 2 amide bonds. The first kappa shape index (κ1) is 19.2. The molecule has 0 saturated carbocycles. The first-order chi connectivity index (χ1) is 13.4. The molecular formula is C20H19FN2O5. The second kappa shape index (κ2) is 7.99. The van der Waals surface area contributed by atoms with Gasteiger partial charge in [0, 0.05) is 10.9 Å². The highest BCUT2D eigenvalue weighted by Gasteiger charge is 2.21. The molecule has 0 radical (unpaired) electrons. The van der Waals surface area contributed by atoms with E-state index in [9.17, 15) is 14.0 Å². The highest BCUT2D eigenvalue weighted by molar-refractivity contribution is 6.00. The molecule has 1 atom stereocenters. The van der Waals surface area contributed by atoms with Crippen LogP contribution in [0.3, 0.4) is 0 Å². The molecule has 0 aliphatic rings. The Balaban J connectivity index is 1.65. The van der Waals surface area contributed by atoms with Crippen molar-refractivity contribution < 1.29 is 27.9 Å². The molecule has 0 spiro atoms. The van der Waals surface area contributed by atoms with Crippen LogP contribution in [-0.4, -0.2) is 25.0 Å². The zero-order valence-corrected chi connectivity index (χ0v) is 15.5. The molecule has 28 heavy (non-hydrogen) atoms. The van der Waals surface area contributed by atoms with Gasteiger partial charge in [0.15, 0.2) is 23.4 Å². The van der Waals surface area contributed by atoms with Crippen LogP contribution in [0.15, 0.2) is 46.9 Å². The molecule has 0 bridgehead atoms. The smallest absolute Gasteiger partial charge is 0.305 e. The first-order valence-corrected chi connectivity index (χ1v) is 8.49. The number of rotatable bonds is 5. The number of carbonyl (C=O) groups is 2. The van der Waals surface area contributed by atoms with Crippen LogP contribution >= 0.6 is 0 Å². The number of hydrogen-bond acceptors (Lipinski definition) is 5. The van der Waals surface area contributed by atoms with Crippen LogP contribution in [0.2, 0.25) is 0 Å². The fraction of sp³-hybridized carbons (Fsp3) is 0.200. The molecular weight excluding hydrogens is 367 g/mol. The number of nitrogens with one attached hydrogen (secondary N) is 2. The monoisotopic (exact) mass is 386 g/mol. The molecule has 0 aliphatic carbocycles. The average molecular weight is 386 g/mol. The van der Waals surface area contributed by atoms with Crippen molar-refractivity contribution in [3.63, 3.8) is 0 Å². The largest absolute Gasteiger partial charge is 0.497 e. The Hall–Kier alpha value is -3.55. The third-order valence-corrected chi connectivity index (χ3v) is 4.16. The van der Waals surface area contributed by atoms with E-state index >= 15 is 0 Å². The topological polar surface area (TPSA) is 89.8 Å². The summed E-state index contributed by atoms with van der Waals surface area (Å²) in [7, 11) is 1.55. The van der Waals surface area contributed by atoms with E-state index in [1.807, 2.05) is 0 Å². The van der Waals surface area contributed by atoms with Crippen molar-refractivity contribution in [3.05, 3.63) is 59.6 Å². The summed E-state index contributed by atoms with van der Waals surface area (Å²) in [5.74, 6) is -1.22. The van der Waals surface area contributed by atoms with Gasteiger partial charge >= 0.3 is 5.91 Å². The Morgan fingerprint density at radius 2 is 1.89 bits per heavy atom. The fourth-order valence-electron chi connectivity index (χ4n) is 2.60. The summed E-state index contributed by atoms with van der Waals surface area (Å²) in [6.07, 6.45) is -1.03. The summed E-state index contributed by atoms with van der Waals surface area (Å²) < 4.78 is 29.6. The van der Waals surface area contributed by atoms with Gasteiger partial charge in [-0.3, -0.25) is 20.4 Å². The van der Waals surface area contributed by atoms with Gasteiger partial charge < -0.3 is 13.9 Å². The quantitative estimate of drug-likeness (QED) is 0.658. The second-order valence-corrected chi connectivity index (χ2v) is 6.05. The lowest BCUT2D eigenvalue weighted by molar-refractivity contribution is -0.128. The number of fused-ring (bicyclic) bond motifs is 1. The van der Waals surface area contributed by atoms with E-state index in [1.165, 1.54) is 25.1 Å².